The van der Waals surface area contributed by atoms with Crippen molar-refractivity contribution in [3.63, 3.8) is 0 Å². The molecule has 0 bridgehead atoms. The monoisotopic (exact) mass is 381 g/mol. The fourth-order valence-electron chi connectivity index (χ4n) is 2.59. The first kappa shape index (κ1) is 23.1. The van der Waals surface area contributed by atoms with E-state index in [0.29, 0.717) is 39.1 Å². The Bertz CT molecular complexity index is 471. The molecule has 1 aliphatic heterocycles. The largest absolute Gasteiger partial charge is 0.379 e. The van der Waals surface area contributed by atoms with Crippen LogP contribution in [0, 0.1) is 5.82 Å². The molecule has 1 aromatic rings. The Labute approximate surface area is 154 Å². The second kappa shape index (κ2) is 12.4. The third kappa shape index (κ3) is 7.32. The first-order chi connectivity index (χ1) is 10.7. The third-order valence-corrected chi connectivity index (χ3v) is 3.84. The summed E-state index contributed by atoms with van der Waals surface area (Å²) in [5.41, 5.74) is 6.42. The fourth-order valence-corrected chi connectivity index (χ4v) is 2.59. The van der Waals surface area contributed by atoms with Gasteiger partial charge in [-0.05, 0) is 30.7 Å². The van der Waals surface area contributed by atoms with E-state index in [-0.39, 0.29) is 42.6 Å². The highest BCUT2D eigenvalue weighted by molar-refractivity contribution is 5.85. The molecule has 1 amide bonds. The second-order valence-electron chi connectivity index (χ2n) is 5.41. The van der Waals surface area contributed by atoms with Gasteiger partial charge in [0.2, 0.25) is 5.91 Å². The molecule has 1 unspecified atom stereocenters. The van der Waals surface area contributed by atoms with Gasteiger partial charge in [0.05, 0.1) is 19.3 Å². The van der Waals surface area contributed by atoms with Crippen LogP contribution in [0.4, 0.5) is 4.39 Å². The summed E-state index contributed by atoms with van der Waals surface area (Å²) in [5.74, 6) is -0.248. The van der Waals surface area contributed by atoms with Crippen LogP contribution in [0.5, 0.6) is 0 Å². The zero-order valence-corrected chi connectivity index (χ0v) is 15.2. The standard InChI is InChI=1S/C16H24FN3O2.2ClH/c17-14-5-3-13(4-6-14)15(20-8-10-22-11-9-20)12-19-16(21)2-1-7-18;;/h3-6,15H,1-2,7-12,18H2,(H,19,21);2*1H. The maximum absolute atomic E-state index is 13.1. The number of hydrogen-bond donors (Lipinski definition) is 2. The average Bonchev–Trinajstić information content (AvgIpc) is 2.55. The van der Waals surface area contributed by atoms with Gasteiger partial charge in [-0.15, -0.1) is 24.8 Å². The summed E-state index contributed by atoms with van der Waals surface area (Å²) in [7, 11) is 0. The van der Waals surface area contributed by atoms with Crippen LogP contribution in [-0.4, -0.2) is 50.2 Å². The Morgan fingerprint density at radius 2 is 1.88 bits per heavy atom. The summed E-state index contributed by atoms with van der Waals surface area (Å²) in [6.07, 6.45) is 1.13. The maximum atomic E-state index is 13.1. The number of rotatable bonds is 7. The molecule has 1 atom stereocenters. The molecule has 0 aromatic heterocycles. The minimum Gasteiger partial charge on any atom is -0.379 e. The number of nitrogens with one attached hydrogen (secondary N) is 1. The maximum Gasteiger partial charge on any atom is 0.220 e. The van der Waals surface area contributed by atoms with E-state index in [1.807, 2.05) is 0 Å². The van der Waals surface area contributed by atoms with E-state index in [1.165, 1.54) is 12.1 Å². The molecular weight excluding hydrogens is 356 g/mol. The van der Waals surface area contributed by atoms with Crippen LogP contribution < -0.4 is 11.1 Å². The molecule has 0 saturated carbocycles. The van der Waals surface area contributed by atoms with E-state index in [0.717, 1.165) is 18.7 Å². The van der Waals surface area contributed by atoms with E-state index in [4.69, 9.17) is 10.5 Å². The van der Waals surface area contributed by atoms with Crippen LogP contribution in [0.3, 0.4) is 0 Å². The van der Waals surface area contributed by atoms with Crippen LogP contribution in [-0.2, 0) is 9.53 Å². The summed E-state index contributed by atoms with van der Waals surface area (Å²) >= 11 is 0. The third-order valence-electron chi connectivity index (χ3n) is 3.84. The fraction of sp³-hybridized carbons (Fsp3) is 0.562. The van der Waals surface area contributed by atoms with Gasteiger partial charge in [0.25, 0.3) is 0 Å². The summed E-state index contributed by atoms with van der Waals surface area (Å²) in [5, 5.41) is 2.96. The Hall–Kier alpha value is -0.920. The number of hydrogen-bond acceptors (Lipinski definition) is 4. The van der Waals surface area contributed by atoms with Crippen LogP contribution >= 0.6 is 24.8 Å². The average molecular weight is 382 g/mol. The number of ether oxygens (including phenoxy) is 1. The van der Waals surface area contributed by atoms with Gasteiger partial charge in [-0.25, -0.2) is 4.39 Å². The van der Waals surface area contributed by atoms with E-state index in [2.05, 4.69) is 10.2 Å². The van der Waals surface area contributed by atoms with Crippen molar-refractivity contribution in [2.75, 3.05) is 39.4 Å². The number of amides is 1. The van der Waals surface area contributed by atoms with Gasteiger partial charge in [0.15, 0.2) is 0 Å². The lowest BCUT2D eigenvalue weighted by Gasteiger charge is -2.35. The summed E-state index contributed by atoms with van der Waals surface area (Å²) in [4.78, 5) is 14.1. The van der Waals surface area contributed by atoms with Crippen molar-refractivity contribution in [1.29, 1.82) is 0 Å². The molecule has 8 heteroatoms. The Morgan fingerprint density at radius 1 is 1.25 bits per heavy atom. The number of carbonyl (C=O) groups excluding carboxylic acids is 1. The van der Waals surface area contributed by atoms with Gasteiger partial charge in [-0.3, -0.25) is 9.69 Å². The number of halogens is 3. The molecule has 1 aliphatic rings. The van der Waals surface area contributed by atoms with Gasteiger partial charge in [-0.1, -0.05) is 12.1 Å². The van der Waals surface area contributed by atoms with Crippen LogP contribution in [0.15, 0.2) is 24.3 Å². The molecule has 3 N–H and O–H groups in total. The number of nitrogens with two attached hydrogens (primary N) is 1. The van der Waals surface area contributed by atoms with Gasteiger partial charge in [0, 0.05) is 26.1 Å². The summed E-state index contributed by atoms with van der Waals surface area (Å²) < 4.78 is 18.5. The van der Waals surface area contributed by atoms with Crippen LogP contribution in [0.1, 0.15) is 24.4 Å². The van der Waals surface area contributed by atoms with Crippen molar-refractivity contribution in [2.24, 2.45) is 5.73 Å². The van der Waals surface area contributed by atoms with Crippen molar-refractivity contribution >= 4 is 30.7 Å². The van der Waals surface area contributed by atoms with Crippen LogP contribution in [0.25, 0.3) is 0 Å². The molecule has 0 radical (unpaired) electrons. The smallest absolute Gasteiger partial charge is 0.220 e. The molecule has 0 aliphatic carbocycles. The predicted octanol–water partition coefficient (Wildman–Crippen LogP) is 1.90. The highest BCUT2D eigenvalue weighted by Gasteiger charge is 2.23. The van der Waals surface area contributed by atoms with E-state index in [1.54, 1.807) is 12.1 Å². The first-order valence-electron chi connectivity index (χ1n) is 7.74. The number of morpholine rings is 1. The van der Waals surface area contributed by atoms with Crippen molar-refractivity contribution in [2.45, 2.75) is 18.9 Å². The molecule has 24 heavy (non-hydrogen) atoms. The molecule has 1 aromatic carbocycles. The number of nitrogens with zero attached hydrogens (tertiary/aromatic N) is 1. The second-order valence-corrected chi connectivity index (χ2v) is 5.41. The van der Waals surface area contributed by atoms with Crippen molar-refractivity contribution in [3.8, 4) is 0 Å². The molecule has 5 nitrogen and oxygen atoms in total. The normalized spacial score (nSPS) is 15.8. The molecule has 1 saturated heterocycles. The van der Waals surface area contributed by atoms with Crippen LogP contribution in [0.2, 0.25) is 0 Å². The SMILES string of the molecule is Cl.Cl.NCCCC(=O)NCC(c1ccc(F)cc1)N1CCOCC1. The Kier molecular flexibility index (Phi) is 12.0. The molecule has 138 valence electrons. The van der Waals surface area contributed by atoms with E-state index < -0.39 is 0 Å². The summed E-state index contributed by atoms with van der Waals surface area (Å²) in [6, 6.07) is 6.51. The van der Waals surface area contributed by atoms with Crippen molar-refractivity contribution < 1.29 is 13.9 Å². The predicted molar refractivity (Wildman–Crippen MR) is 97.3 cm³/mol. The highest BCUT2D eigenvalue weighted by Crippen LogP contribution is 2.21. The zero-order chi connectivity index (χ0) is 15.8. The van der Waals surface area contributed by atoms with Crippen molar-refractivity contribution in [1.82, 2.24) is 10.2 Å². The van der Waals surface area contributed by atoms with E-state index >= 15 is 0 Å². The Morgan fingerprint density at radius 3 is 2.46 bits per heavy atom. The van der Waals surface area contributed by atoms with E-state index in [9.17, 15) is 9.18 Å². The van der Waals surface area contributed by atoms with Gasteiger partial charge in [-0.2, -0.15) is 0 Å². The minimum absolute atomic E-state index is 0. The molecule has 2 rings (SSSR count). The zero-order valence-electron chi connectivity index (χ0n) is 13.6. The van der Waals surface area contributed by atoms with Gasteiger partial charge >= 0.3 is 0 Å². The molecule has 1 fully saturated rings. The first-order valence-corrected chi connectivity index (χ1v) is 7.74. The lowest BCUT2D eigenvalue weighted by Crippen LogP contribution is -2.43. The number of benzene rings is 1. The Balaban J connectivity index is 0.00000264. The van der Waals surface area contributed by atoms with Gasteiger partial charge in [0.1, 0.15) is 5.82 Å². The molecule has 0 spiro atoms. The lowest BCUT2D eigenvalue weighted by molar-refractivity contribution is -0.121. The van der Waals surface area contributed by atoms with Crippen molar-refractivity contribution in [3.05, 3.63) is 35.6 Å². The van der Waals surface area contributed by atoms with Gasteiger partial charge < -0.3 is 15.8 Å². The summed E-state index contributed by atoms with van der Waals surface area (Å²) in [6.45, 7) is 3.99. The molecular formula is C16H26Cl2FN3O2. The minimum atomic E-state index is -0.253. The number of carbonyl (C=O) groups is 1. The molecule has 1 heterocycles. The highest BCUT2D eigenvalue weighted by atomic mass is 35.5. The lowest BCUT2D eigenvalue weighted by atomic mass is 10.0. The topological polar surface area (TPSA) is 67.6 Å². The quantitative estimate of drug-likeness (QED) is 0.756.